The zero-order valence-corrected chi connectivity index (χ0v) is 21.2. The molecule has 0 fully saturated rings. The molecule has 0 bridgehead atoms. The minimum atomic E-state index is -2.64. The molecule has 0 aromatic carbocycles. The average Bonchev–Trinajstić information content (AvgIpc) is 2.73. The lowest BCUT2D eigenvalue weighted by Crippen LogP contribution is -2.60. The van der Waals surface area contributed by atoms with Crippen molar-refractivity contribution >= 4 is 33.8 Å². The highest BCUT2D eigenvalue weighted by molar-refractivity contribution is 6.90. The van der Waals surface area contributed by atoms with E-state index >= 15 is 0 Å². The molecular weight excluding hydrogens is 365 g/mol. The van der Waals surface area contributed by atoms with Gasteiger partial charge >= 0.3 is 8.80 Å². The third-order valence-electron chi connectivity index (χ3n) is 3.23. The van der Waals surface area contributed by atoms with Crippen LogP contribution in [0.2, 0.25) is 65.0 Å². The van der Waals surface area contributed by atoms with Crippen LogP contribution >= 0.6 is 0 Å². The minimum absolute atomic E-state index is 0.572. The van der Waals surface area contributed by atoms with E-state index in [0.717, 1.165) is 18.9 Å². The van der Waals surface area contributed by atoms with E-state index in [0.29, 0.717) is 5.92 Å². The Kier molecular flexibility index (Phi) is 7.68. The zero-order valence-electron chi connectivity index (χ0n) is 17.2. The van der Waals surface area contributed by atoms with Gasteiger partial charge in [0.25, 0.3) is 0 Å². The van der Waals surface area contributed by atoms with Gasteiger partial charge in [-0.15, -0.1) is 0 Å². The summed E-state index contributed by atoms with van der Waals surface area (Å²) in [5.41, 5.74) is 0. The van der Waals surface area contributed by atoms with Gasteiger partial charge in [0, 0.05) is 6.04 Å². The molecule has 0 N–H and O–H groups in total. The number of hydrogen-bond acceptors (Lipinski definition) is 3. The molecule has 0 saturated heterocycles. The summed E-state index contributed by atoms with van der Waals surface area (Å²) in [5, 5.41) is 0. The smallest absolute Gasteiger partial charge is 0.417 e. The molecule has 0 saturated carbocycles. The van der Waals surface area contributed by atoms with Crippen molar-refractivity contribution in [1.29, 1.82) is 0 Å². The van der Waals surface area contributed by atoms with Crippen LogP contribution in [0.25, 0.3) is 0 Å². The summed E-state index contributed by atoms with van der Waals surface area (Å²) < 4.78 is 20.1. The maximum absolute atomic E-state index is 6.71. The standard InChI is InChI=1S/C17H38O3Si4/c1-21(2,3)18-24(19-22(4,5)6,20-23(7,8)9)16-12-15-17-13-10-11-14-17/h10-11,13-14,17H,12,15-16H2,1-9H3. The SMILES string of the molecule is C[Si](C)(C)O[Si](CCCC1C=CC=C1)(O[Si](C)(C)C)O[Si](C)(C)C. The molecule has 0 unspecified atom stereocenters. The molecule has 0 atom stereocenters. The molecule has 0 aliphatic heterocycles. The Morgan fingerprint density at radius 3 is 1.38 bits per heavy atom. The summed E-state index contributed by atoms with van der Waals surface area (Å²) in [6.45, 7) is 20.2. The van der Waals surface area contributed by atoms with Crippen molar-refractivity contribution in [3.63, 3.8) is 0 Å². The van der Waals surface area contributed by atoms with Crippen LogP contribution in [0.5, 0.6) is 0 Å². The molecule has 0 radical (unpaired) electrons. The maximum Gasteiger partial charge on any atom is 0.469 e. The molecule has 1 aliphatic rings. The van der Waals surface area contributed by atoms with E-state index in [-0.39, 0.29) is 0 Å². The molecular formula is C17H38O3Si4. The van der Waals surface area contributed by atoms with E-state index in [2.05, 4.69) is 83.2 Å². The molecule has 24 heavy (non-hydrogen) atoms. The summed E-state index contributed by atoms with van der Waals surface area (Å²) in [4.78, 5) is 0. The van der Waals surface area contributed by atoms with Crippen LogP contribution in [-0.2, 0) is 12.3 Å². The van der Waals surface area contributed by atoms with Crippen molar-refractivity contribution in [2.75, 3.05) is 0 Å². The number of hydrogen-bond donors (Lipinski definition) is 0. The van der Waals surface area contributed by atoms with Crippen LogP contribution in [0.1, 0.15) is 12.8 Å². The molecule has 3 nitrogen and oxygen atoms in total. The molecule has 0 aromatic rings. The monoisotopic (exact) mass is 402 g/mol. The third kappa shape index (κ3) is 9.64. The Hall–Kier alpha value is 0.228. The normalized spacial score (nSPS) is 17.0. The number of allylic oxidation sites excluding steroid dienone is 4. The highest BCUT2D eigenvalue weighted by Gasteiger charge is 2.49. The van der Waals surface area contributed by atoms with Gasteiger partial charge in [-0.05, 0) is 77.7 Å². The summed E-state index contributed by atoms with van der Waals surface area (Å²) >= 11 is 0. The van der Waals surface area contributed by atoms with Gasteiger partial charge in [0.05, 0.1) is 0 Å². The van der Waals surface area contributed by atoms with Crippen molar-refractivity contribution in [3.8, 4) is 0 Å². The van der Waals surface area contributed by atoms with Crippen LogP contribution in [0.3, 0.4) is 0 Å². The summed E-state index contributed by atoms with van der Waals surface area (Å²) in [6, 6.07) is 0.948. The van der Waals surface area contributed by atoms with Gasteiger partial charge in [-0.25, -0.2) is 0 Å². The Labute approximate surface area is 154 Å². The first kappa shape index (κ1) is 22.3. The first-order valence-electron chi connectivity index (χ1n) is 9.15. The topological polar surface area (TPSA) is 27.7 Å². The van der Waals surface area contributed by atoms with Gasteiger partial charge in [0.15, 0.2) is 25.0 Å². The molecule has 140 valence electrons. The first-order chi connectivity index (χ1) is 10.7. The van der Waals surface area contributed by atoms with Gasteiger partial charge in [-0.1, -0.05) is 24.3 Å². The second kappa shape index (κ2) is 8.28. The largest absolute Gasteiger partial charge is 0.469 e. The maximum atomic E-state index is 6.71. The van der Waals surface area contributed by atoms with E-state index < -0.39 is 33.8 Å². The van der Waals surface area contributed by atoms with Crippen molar-refractivity contribution in [2.45, 2.75) is 77.8 Å². The van der Waals surface area contributed by atoms with E-state index in [1.54, 1.807) is 0 Å². The van der Waals surface area contributed by atoms with Crippen LogP contribution < -0.4 is 0 Å². The van der Waals surface area contributed by atoms with Crippen LogP contribution in [0.15, 0.2) is 24.3 Å². The predicted octanol–water partition coefficient (Wildman–Crippen LogP) is 6.00. The van der Waals surface area contributed by atoms with Gasteiger partial charge in [-0.2, -0.15) is 0 Å². The zero-order chi connectivity index (χ0) is 18.6. The molecule has 0 amide bonds. The highest BCUT2D eigenvalue weighted by Crippen LogP contribution is 2.31. The van der Waals surface area contributed by atoms with Crippen molar-refractivity contribution < 1.29 is 12.3 Å². The summed E-state index contributed by atoms with van der Waals surface area (Å²) in [7, 11) is -7.87. The van der Waals surface area contributed by atoms with Gasteiger partial charge in [0.2, 0.25) is 0 Å². The fourth-order valence-corrected chi connectivity index (χ4v) is 17.5. The fraction of sp³-hybridized carbons (Fsp3) is 0.765. The van der Waals surface area contributed by atoms with Gasteiger partial charge in [-0.3, -0.25) is 0 Å². The van der Waals surface area contributed by atoms with Crippen molar-refractivity contribution in [2.24, 2.45) is 5.92 Å². The molecule has 0 spiro atoms. The highest BCUT2D eigenvalue weighted by atomic mass is 28.5. The predicted molar refractivity (Wildman–Crippen MR) is 115 cm³/mol. The second-order valence-corrected chi connectivity index (χ2v) is 26.6. The Morgan fingerprint density at radius 1 is 0.667 bits per heavy atom. The lowest BCUT2D eigenvalue weighted by molar-refractivity contribution is 0.249. The molecule has 0 aromatic heterocycles. The first-order valence-corrected chi connectivity index (χ1v) is 21.3. The number of rotatable bonds is 10. The van der Waals surface area contributed by atoms with E-state index in [4.69, 9.17) is 12.3 Å². The molecule has 1 rings (SSSR count). The van der Waals surface area contributed by atoms with Gasteiger partial charge < -0.3 is 12.3 Å². The van der Waals surface area contributed by atoms with Crippen LogP contribution in [0.4, 0.5) is 0 Å². The Balaban J connectivity index is 2.93. The van der Waals surface area contributed by atoms with Crippen LogP contribution in [-0.4, -0.2) is 33.8 Å². The average molecular weight is 403 g/mol. The molecule has 7 heteroatoms. The summed E-state index contributed by atoms with van der Waals surface area (Å²) in [5.74, 6) is 0.572. The summed E-state index contributed by atoms with van der Waals surface area (Å²) in [6.07, 6.45) is 11.1. The lowest BCUT2D eigenvalue weighted by Gasteiger charge is -2.43. The van der Waals surface area contributed by atoms with Crippen molar-refractivity contribution in [3.05, 3.63) is 24.3 Å². The Morgan fingerprint density at radius 2 is 1.04 bits per heavy atom. The van der Waals surface area contributed by atoms with Gasteiger partial charge in [0.1, 0.15) is 0 Å². The molecule has 1 aliphatic carbocycles. The van der Waals surface area contributed by atoms with Crippen LogP contribution in [0, 0.1) is 5.92 Å². The third-order valence-corrected chi connectivity index (χ3v) is 15.3. The second-order valence-electron chi connectivity index (χ2n) is 9.65. The van der Waals surface area contributed by atoms with Crippen molar-refractivity contribution in [1.82, 2.24) is 0 Å². The molecule has 0 heterocycles. The lowest BCUT2D eigenvalue weighted by atomic mass is 10.1. The quantitative estimate of drug-likeness (QED) is 0.419. The van der Waals surface area contributed by atoms with E-state index in [1.807, 2.05) is 0 Å². The minimum Gasteiger partial charge on any atom is -0.417 e. The fourth-order valence-electron chi connectivity index (χ4n) is 2.84. The van der Waals surface area contributed by atoms with E-state index in [1.165, 1.54) is 0 Å². The van der Waals surface area contributed by atoms with E-state index in [9.17, 15) is 0 Å². The Bertz CT molecular complexity index is 403.